The SMILES string of the molecule is CCn1c(SCC(=O)c2ccc(Cl)cc2)nnc1-c1c[nH]c2ccccc12. The highest BCUT2D eigenvalue weighted by Crippen LogP contribution is 2.30. The lowest BCUT2D eigenvalue weighted by molar-refractivity contribution is 0.102. The van der Waals surface area contributed by atoms with Crippen LogP contribution in [0.25, 0.3) is 22.3 Å². The molecule has 7 heteroatoms. The molecular formula is C20H17ClN4OS. The summed E-state index contributed by atoms with van der Waals surface area (Å²) < 4.78 is 2.04. The molecule has 0 saturated heterocycles. The molecule has 0 atom stereocenters. The number of nitrogens with zero attached hydrogens (tertiary/aromatic N) is 3. The van der Waals surface area contributed by atoms with Crippen LogP contribution in [-0.2, 0) is 6.54 Å². The number of carbonyl (C=O) groups is 1. The van der Waals surface area contributed by atoms with Gasteiger partial charge in [-0.3, -0.25) is 4.79 Å². The first-order chi connectivity index (χ1) is 13.2. The van der Waals surface area contributed by atoms with Gasteiger partial charge in [-0.05, 0) is 37.3 Å². The summed E-state index contributed by atoms with van der Waals surface area (Å²) in [4.78, 5) is 15.7. The molecule has 136 valence electrons. The van der Waals surface area contributed by atoms with Gasteiger partial charge in [0, 0.05) is 39.8 Å². The number of para-hydroxylation sites is 1. The molecule has 0 bridgehead atoms. The van der Waals surface area contributed by atoms with Crippen molar-refractivity contribution in [3.05, 3.63) is 65.3 Å². The van der Waals surface area contributed by atoms with Crippen molar-refractivity contribution in [1.29, 1.82) is 0 Å². The highest BCUT2D eigenvalue weighted by atomic mass is 35.5. The number of carbonyl (C=O) groups excluding carboxylic acids is 1. The third-order valence-electron chi connectivity index (χ3n) is 4.36. The van der Waals surface area contributed by atoms with E-state index >= 15 is 0 Å². The summed E-state index contributed by atoms with van der Waals surface area (Å²) in [7, 11) is 0. The fourth-order valence-electron chi connectivity index (χ4n) is 2.99. The maximum Gasteiger partial charge on any atom is 0.191 e. The molecule has 27 heavy (non-hydrogen) atoms. The molecule has 0 saturated carbocycles. The predicted molar refractivity (Wildman–Crippen MR) is 109 cm³/mol. The highest BCUT2D eigenvalue weighted by Gasteiger charge is 2.17. The molecule has 0 aliphatic heterocycles. The van der Waals surface area contributed by atoms with Gasteiger partial charge in [0.2, 0.25) is 0 Å². The van der Waals surface area contributed by atoms with Crippen molar-refractivity contribution in [1.82, 2.24) is 19.7 Å². The molecule has 2 heterocycles. The van der Waals surface area contributed by atoms with E-state index in [1.807, 2.05) is 35.9 Å². The van der Waals surface area contributed by atoms with Crippen molar-refractivity contribution < 1.29 is 4.79 Å². The van der Waals surface area contributed by atoms with Gasteiger partial charge in [0.05, 0.1) is 5.75 Å². The quantitative estimate of drug-likeness (QED) is 0.365. The van der Waals surface area contributed by atoms with Crippen molar-refractivity contribution in [2.24, 2.45) is 0 Å². The van der Waals surface area contributed by atoms with Gasteiger partial charge in [-0.2, -0.15) is 0 Å². The number of thioether (sulfide) groups is 1. The summed E-state index contributed by atoms with van der Waals surface area (Å²) in [5.74, 6) is 1.14. The van der Waals surface area contributed by atoms with E-state index in [1.54, 1.807) is 24.3 Å². The Kier molecular flexibility index (Phi) is 5.01. The molecule has 0 amide bonds. The van der Waals surface area contributed by atoms with Crippen molar-refractivity contribution in [3.63, 3.8) is 0 Å². The van der Waals surface area contributed by atoms with E-state index in [2.05, 4.69) is 21.2 Å². The molecule has 0 aliphatic carbocycles. The lowest BCUT2D eigenvalue weighted by Gasteiger charge is -2.06. The van der Waals surface area contributed by atoms with E-state index in [0.717, 1.165) is 34.0 Å². The summed E-state index contributed by atoms with van der Waals surface area (Å²) in [6.45, 7) is 2.77. The molecule has 0 fully saturated rings. The van der Waals surface area contributed by atoms with E-state index in [-0.39, 0.29) is 5.78 Å². The van der Waals surface area contributed by atoms with Gasteiger partial charge in [-0.1, -0.05) is 41.6 Å². The Balaban J connectivity index is 1.58. The number of hydrogen-bond acceptors (Lipinski definition) is 4. The number of rotatable bonds is 6. The van der Waals surface area contributed by atoms with Crippen LogP contribution in [0.4, 0.5) is 0 Å². The molecule has 4 aromatic rings. The van der Waals surface area contributed by atoms with E-state index in [4.69, 9.17) is 11.6 Å². The number of H-pyrrole nitrogens is 1. The normalized spacial score (nSPS) is 11.2. The fourth-order valence-corrected chi connectivity index (χ4v) is 4.01. The Bertz CT molecular complexity index is 1100. The maximum atomic E-state index is 12.4. The molecule has 0 spiro atoms. The molecule has 0 unspecified atom stereocenters. The number of aromatic amines is 1. The molecule has 2 aromatic heterocycles. The van der Waals surface area contributed by atoms with Gasteiger partial charge in [-0.15, -0.1) is 10.2 Å². The average molecular weight is 397 g/mol. The van der Waals surface area contributed by atoms with Crippen LogP contribution in [0.2, 0.25) is 5.02 Å². The minimum absolute atomic E-state index is 0.0379. The third-order valence-corrected chi connectivity index (χ3v) is 5.58. The number of halogens is 1. The van der Waals surface area contributed by atoms with Gasteiger partial charge in [-0.25, -0.2) is 0 Å². The predicted octanol–water partition coefficient (Wildman–Crippen LogP) is 5.07. The fraction of sp³-hybridized carbons (Fsp3) is 0.150. The molecular weight excluding hydrogens is 380 g/mol. The van der Waals surface area contributed by atoms with E-state index in [9.17, 15) is 4.79 Å². The number of Topliss-reactive ketones (excluding diaryl/α,β-unsaturated/α-hetero) is 1. The van der Waals surface area contributed by atoms with Gasteiger partial charge in [0.1, 0.15) is 0 Å². The second kappa shape index (κ2) is 7.58. The zero-order valence-corrected chi connectivity index (χ0v) is 16.2. The van der Waals surface area contributed by atoms with Crippen molar-refractivity contribution in [2.75, 3.05) is 5.75 Å². The van der Waals surface area contributed by atoms with E-state index in [1.165, 1.54) is 11.8 Å². The minimum Gasteiger partial charge on any atom is -0.360 e. The first-order valence-electron chi connectivity index (χ1n) is 8.58. The number of aromatic nitrogens is 4. The summed E-state index contributed by atoms with van der Waals surface area (Å²) in [6.07, 6.45) is 1.95. The first kappa shape index (κ1) is 17.8. The Morgan fingerprint density at radius 3 is 2.70 bits per heavy atom. The molecule has 0 aliphatic rings. The third kappa shape index (κ3) is 3.50. The van der Waals surface area contributed by atoms with Crippen molar-refractivity contribution in [2.45, 2.75) is 18.6 Å². The van der Waals surface area contributed by atoms with Crippen LogP contribution in [0, 0.1) is 0 Å². The lowest BCUT2D eigenvalue weighted by Crippen LogP contribution is -2.05. The second-order valence-corrected chi connectivity index (χ2v) is 7.40. The van der Waals surface area contributed by atoms with Gasteiger partial charge in [0.15, 0.2) is 16.8 Å². The minimum atomic E-state index is 0.0379. The van der Waals surface area contributed by atoms with Crippen LogP contribution in [0.15, 0.2) is 59.9 Å². The lowest BCUT2D eigenvalue weighted by atomic mass is 10.1. The number of nitrogens with one attached hydrogen (secondary N) is 1. The number of benzene rings is 2. The monoisotopic (exact) mass is 396 g/mol. The van der Waals surface area contributed by atoms with Crippen LogP contribution in [-0.4, -0.2) is 31.3 Å². The maximum absolute atomic E-state index is 12.4. The number of hydrogen-bond donors (Lipinski definition) is 1. The van der Waals surface area contributed by atoms with Crippen molar-refractivity contribution in [3.8, 4) is 11.4 Å². The summed E-state index contributed by atoms with van der Waals surface area (Å²) in [6, 6.07) is 15.0. The smallest absolute Gasteiger partial charge is 0.191 e. The number of ketones is 1. The first-order valence-corrected chi connectivity index (χ1v) is 9.95. The molecule has 4 rings (SSSR count). The highest BCUT2D eigenvalue weighted by molar-refractivity contribution is 7.99. The van der Waals surface area contributed by atoms with Crippen LogP contribution in [0.1, 0.15) is 17.3 Å². The zero-order valence-electron chi connectivity index (χ0n) is 14.6. The molecule has 2 aromatic carbocycles. The Morgan fingerprint density at radius 2 is 1.93 bits per heavy atom. The van der Waals surface area contributed by atoms with Gasteiger partial charge in [0.25, 0.3) is 0 Å². The summed E-state index contributed by atoms with van der Waals surface area (Å²) in [5, 5.41) is 11.2. The Morgan fingerprint density at radius 1 is 1.15 bits per heavy atom. The van der Waals surface area contributed by atoms with Crippen LogP contribution < -0.4 is 0 Å². The molecule has 5 nitrogen and oxygen atoms in total. The Hall–Kier alpha value is -2.57. The largest absolute Gasteiger partial charge is 0.360 e. The standard InChI is InChI=1S/C20H17ClN4OS/c1-2-25-19(16-11-22-17-6-4-3-5-15(16)17)23-24-20(25)27-12-18(26)13-7-9-14(21)10-8-13/h3-11,22H,2,12H2,1H3. The summed E-state index contributed by atoms with van der Waals surface area (Å²) >= 11 is 7.28. The van der Waals surface area contributed by atoms with E-state index < -0.39 is 0 Å². The zero-order chi connectivity index (χ0) is 18.8. The van der Waals surface area contributed by atoms with Crippen molar-refractivity contribution >= 4 is 40.0 Å². The van der Waals surface area contributed by atoms with Crippen LogP contribution >= 0.6 is 23.4 Å². The Labute approximate surface area is 165 Å². The topological polar surface area (TPSA) is 63.6 Å². The van der Waals surface area contributed by atoms with E-state index in [0.29, 0.717) is 16.3 Å². The van der Waals surface area contributed by atoms with Gasteiger partial charge >= 0.3 is 0 Å². The second-order valence-electron chi connectivity index (χ2n) is 6.02. The van der Waals surface area contributed by atoms with Gasteiger partial charge < -0.3 is 9.55 Å². The molecule has 0 radical (unpaired) electrons. The summed E-state index contributed by atoms with van der Waals surface area (Å²) in [5.41, 5.74) is 2.72. The average Bonchev–Trinajstić information content (AvgIpc) is 3.29. The number of fused-ring (bicyclic) bond motifs is 1. The van der Waals surface area contributed by atoms with Crippen LogP contribution in [0.3, 0.4) is 0 Å². The molecule has 1 N–H and O–H groups in total. The van der Waals surface area contributed by atoms with Crippen LogP contribution in [0.5, 0.6) is 0 Å².